The Morgan fingerprint density at radius 2 is 2.19 bits per heavy atom. The standard InChI is InChI=1S/C13H16BrNO/c1-3-6-15-8-13-9(2)11-7-10(14)4-5-12(11)16-13/h4-5,7,15H,3,6,8H2,1-2H3. The van der Waals surface area contributed by atoms with E-state index < -0.39 is 0 Å². The molecule has 0 aliphatic carbocycles. The Morgan fingerprint density at radius 1 is 1.38 bits per heavy atom. The van der Waals surface area contributed by atoms with Crippen molar-refractivity contribution in [2.45, 2.75) is 26.8 Å². The summed E-state index contributed by atoms with van der Waals surface area (Å²) in [6, 6.07) is 6.13. The smallest absolute Gasteiger partial charge is 0.134 e. The minimum absolute atomic E-state index is 0.811. The van der Waals surface area contributed by atoms with Crippen molar-refractivity contribution < 1.29 is 4.42 Å². The fraction of sp³-hybridized carbons (Fsp3) is 0.385. The summed E-state index contributed by atoms with van der Waals surface area (Å²) < 4.78 is 6.91. The Labute approximate surface area is 104 Å². The van der Waals surface area contributed by atoms with Crippen LogP contribution in [0.25, 0.3) is 11.0 Å². The van der Waals surface area contributed by atoms with Gasteiger partial charge in [0.15, 0.2) is 0 Å². The Morgan fingerprint density at radius 3 is 2.94 bits per heavy atom. The van der Waals surface area contributed by atoms with Crippen LogP contribution >= 0.6 is 15.9 Å². The number of benzene rings is 1. The highest BCUT2D eigenvalue weighted by molar-refractivity contribution is 9.10. The van der Waals surface area contributed by atoms with Crippen LogP contribution in [-0.2, 0) is 6.54 Å². The van der Waals surface area contributed by atoms with Gasteiger partial charge in [-0.05, 0) is 43.7 Å². The number of nitrogens with one attached hydrogen (secondary N) is 1. The summed E-state index contributed by atoms with van der Waals surface area (Å²) in [6.45, 7) is 6.11. The van der Waals surface area contributed by atoms with Crippen LogP contribution in [0, 0.1) is 6.92 Å². The molecule has 1 N–H and O–H groups in total. The third kappa shape index (κ3) is 2.30. The van der Waals surface area contributed by atoms with Gasteiger partial charge in [0.2, 0.25) is 0 Å². The van der Waals surface area contributed by atoms with Gasteiger partial charge in [-0.2, -0.15) is 0 Å². The molecule has 1 aromatic heterocycles. The predicted octanol–water partition coefficient (Wildman–Crippen LogP) is 4.00. The Kier molecular flexibility index (Phi) is 3.66. The van der Waals surface area contributed by atoms with Crippen molar-refractivity contribution in [3.8, 4) is 0 Å². The van der Waals surface area contributed by atoms with Crippen LogP contribution < -0.4 is 5.32 Å². The molecule has 86 valence electrons. The molecule has 0 amide bonds. The molecule has 0 radical (unpaired) electrons. The molecule has 16 heavy (non-hydrogen) atoms. The van der Waals surface area contributed by atoms with Gasteiger partial charge in [0.25, 0.3) is 0 Å². The van der Waals surface area contributed by atoms with Crippen molar-refractivity contribution >= 4 is 26.9 Å². The maximum absolute atomic E-state index is 5.82. The van der Waals surface area contributed by atoms with E-state index in [1.165, 1.54) is 10.9 Å². The Balaban J connectivity index is 2.29. The number of aryl methyl sites for hydroxylation is 1. The summed E-state index contributed by atoms with van der Waals surface area (Å²) in [6.07, 6.45) is 1.14. The zero-order valence-corrected chi connectivity index (χ0v) is 11.2. The summed E-state index contributed by atoms with van der Waals surface area (Å²) in [4.78, 5) is 0. The minimum Gasteiger partial charge on any atom is -0.459 e. The van der Waals surface area contributed by atoms with Gasteiger partial charge in [-0.1, -0.05) is 22.9 Å². The van der Waals surface area contributed by atoms with Crippen LogP contribution in [0.4, 0.5) is 0 Å². The molecule has 2 aromatic rings. The molecule has 0 unspecified atom stereocenters. The molecule has 2 rings (SSSR count). The summed E-state index contributed by atoms with van der Waals surface area (Å²) in [5.41, 5.74) is 2.20. The molecule has 3 heteroatoms. The average molecular weight is 282 g/mol. The van der Waals surface area contributed by atoms with Gasteiger partial charge in [0, 0.05) is 9.86 Å². The van der Waals surface area contributed by atoms with Gasteiger partial charge in [-0.3, -0.25) is 0 Å². The topological polar surface area (TPSA) is 25.2 Å². The van der Waals surface area contributed by atoms with Crippen molar-refractivity contribution in [2.24, 2.45) is 0 Å². The van der Waals surface area contributed by atoms with Gasteiger partial charge in [-0.25, -0.2) is 0 Å². The second-order valence-electron chi connectivity index (χ2n) is 3.97. The average Bonchev–Trinajstić information content (AvgIpc) is 2.57. The van der Waals surface area contributed by atoms with Crippen molar-refractivity contribution in [3.63, 3.8) is 0 Å². The van der Waals surface area contributed by atoms with Crippen LogP contribution in [-0.4, -0.2) is 6.54 Å². The Bertz CT molecular complexity index is 490. The maximum Gasteiger partial charge on any atom is 0.134 e. The van der Waals surface area contributed by atoms with Crippen LogP contribution in [0.1, 0.15) is 24.7 Å². The monoisotopic (exact) mass is 281 g/mol. The first-order valence-corrected chi connectivity index (χ1v) is 6.40. The summed E-state index contributed by atoms with van der Waals surface area (Å²) in [5.74, 6) is 1.04. The highest BCUT2D eigenvalue weighted by Crippen LogP contribution is 2.27. The highest BCUT2D eigenvalue weighted by atomic mass is 79.9. The van der Waals surface area contributed by atoms with Crippen molar-refractivity contribution in [2.75, 3.05) is 6.54 Å². The van der Waals surface area contributed by atoms with E-state index in [-0.39, 0.29) is 0 Å². The second kappa shape index (κ2) is 5.02. The molecular formula is C13H16BrNO. The molecule has 0 saturated carbocycles. The number of hydrogen-bond donors (Lipinski definition) is 1. The van der Waals surface area contributed by atoms with Crippen molar-refractivity contribution in [3.05, 3.63) is 34.0 Å². The summed E-state index contributed by atoms with van der Waals surface area (Å²) >= 11 is 3.48. The first-order valence-electron chi connectivity index (χ1n) is 5.60. The number of fused-ring (bicyclic) bond motifs is 1. The highest BCUT2D eigenvalue weighted by Gasteiger charge is 2.09. The SMILES string of the molecule is CCCNCc1oc2ccc(Br)cc2c1C. The van der Waals surface area contributed by atoms with Crippen molar-refractivity contribution in [1.29, 1.82) is 0 Å². The second-order valence-corrected chi connectivity index (χ2v) is 4.88. The number of hydrogen-bond acceptors (Lipinski definition) is 2. The van der Waals surface area contributed by atoms with Crippen LogP contribution in [0.15, 0.2) is 27.1 Å². The molecule has 0 aliphatic heterocycles. The zero-order chi connectivity index (χ0) is 11.5. The lowest BCUT2D eigenvalue weighted by atomic mass is 10.1. The Hall–Kier alpha value is -0.800. The predicted molar refractivity (Wildman–Crippen MR) is 70.6 cm³/mol. The minimum atomic E-state index is 0.811. The molecule has 1 heterocycles. The lowest BCUT2D eigenvalue weighted by Gasteiger charge is -2.00. The fourth-order valence-corrected chi connectivity index (χ4v) is 2.15. The van der Waals surface area contributed by atoms with E-state index in [9.17, 15) is 0 Å². The molecule has 2 nitrogen and oxygen atoms in total. The van der Waals surface area contributed by atoms with Crippen LogP contribution in [0.5, 0.6) is 0 Å². The number of rotatable bonds is 4. The van der Waals surface area contributed by atoms with E-state index in [0.717, 1.165) is 35.3 Å². The van der Waals surface area contributed by atoms with E-state index in [1.807, 2.05) is 12.1 Å². The third-order valence-corrected chi connectivity index (χ3v) is 3.20. The van der Waals surface area contributed by atoms with Gasteiger partial charge in [0.1, 0.15) is 11.3 Å². The van der Waals surface area contributed by atoms with Gasteiger partial charge < -0.3 is 9.73 Å². The molecule has 0 fully saturated rings. The fourth-order valence-electron chi connectivity index (χ4n) is 1.79. The maximum atomic E-state index is 5.82. The lowest BCUT2D eigenvalue weighted by Crippen LogP contribution is -2.13. The normalized spacial score (nSPS) is 11.2. The van der Waals surface area contributed by atoms with E-state index in [1.54, 1.807) is 0 Å². The number of halogens is 1. The molecule has 0 aliphatic rings. The van der Waals surface area contributed by atoms with Crippen LogP contribution in [0.3, 0.4) is 0 Å². The lowest BCUT2D eigenvalue weighted by molar-refractivity contribution is 0.510. The molecule has 1 aromatic carbocycles. The molecule has 0 saturated heterocycles. The van der Waals surface area contributed by atoms with E-state index in [4.69, 9.17) is 4.42 Å². The summed E-state index contributed by atoms with van der Waals surface area (Å²) in [5, 5.41) is 4.56. The summed E-state index contributed by atoms with van der Waals surface area (Å²) in [7, 11) is 0. The third-order valence-electron chi connectivity index (χ3n) is 2.71. The van der Waals surface area contributed by atoms with Gasteiger partial charge >= 0.3 is 0 Å². The largest absolute Gasteiger partial charge is 0.459 e. The quantitative estimate of drug-likeness (QED) is 0.857. The van der Waals surface area contributed by atoms with Gasteiger partial charge in [0.05, 0.1) is 6.54 Å². The first kappa shape index (κ1) is 11.7. The molecular weight excluding hydrogens is 266 g/mol. The first-order chi connectivity index (χ1) is 7.72. The zero-order valence-electron chi connectivity index (χ0n) is 9.64. The van der Waals surface area contributed by atoms with Crippen LogP contribution in [0.2, 0.25) is 0 Å². The molecule has 0 atom stereocenters. The van der Waals surface area contributed by atoms with Gasteiger partial charge in [-0.15, -0.1) is 0 Å². The van der Waals surface area contributed by atoms with E-state index in [0.29, 0.717) is 0 Å². The molecule has 0 bridgehead atoms. The van der Waals surface area contributed by atoms with E-state index in [2.05, 4.69) is 41.2 Å². The molecule has 0 spiro atoms. The van der Waals surface area contributed by atoms with Crippen molar-refractivity contribution in [1.82, 2.24) is 5.32 Å². The number of furan rings is 1. The van der Waals surface area contributed by atoms with E-state index >= 15 is 0 Å².